The minimum absolute atomic E-state index is 0. The van der Waals surface area contributed by atoms with E-state index >= 15 is 0 Å². The van der Waals surface area contributed by atoms with Gasteiger partial charge in [-0.25, -0.2) is 12.7 Å². The maximum Gasteiger partial charge on any atom is 0.220 e. The van der Waals surface area contributed by atoms with Crippen LogP contribution in [0.2, 0.25) is 0 Å². The van der Waals surface area contributed by atoms with Crippen LogP contribution in [0.15, 0.2) is 0 Å². The van der Waals surface area contributed by atoms with Crippen LogP contribution in [0.4, 0.5) is 0 Å². The lowest BCUT2D eigenvalue weighted by Crippen LogP contribution is -2.48. The molecule has 25 heavy (non-hydrogen) atoms. The maximum atomic E-state index is 12.4. The number of nitrogens with one attached hydrogen (secondary N) is 1. The molecule has 1 saturated heterocycles. The third-order valence-corrected chi connectivity index (χ3v) is 8.41. The predicted molar refractivity (Wildman–Crippen MR) is 101 cm³/mol. The van der Waals surface area contributed by atoms with Crippen LogP contribution in [0.1, 0.15) is 64.2 Å². The normalized spacial score (nSPS) is 25.2. The van der Waals surface area contributed by atoms with E-state index in [9.17, 15) is 13.2 Å². The van der Waals surface area contributed by atoms with Crippen LogP contribution in [0.5, 0.6) is 0 Å². The Morgan fingerprint density at radius 2 is 1.68 bits per heavy atom. The lowest BCUT2D eigenvalue weighted by molar-refractivity contribution is -0.124. The Hall–Kier alpha value is -0.370. The van der Waals surface area contributed by atoms with E-state index in [1.807, 2.05) is 0 Å². The van der Waals surface area contributed by atoms with Gasteiger partial charge >= 0.3 is 0 Å². The van der Waals surface area contributed by atoms with Crippen molar-refractivity contribution in [1.82, 2.24) is 9.62 Å². The summed E-state index contributed by atoms with van der Waals surface area (Å²) in [5, 5.41) is 2.99. The first-order valence-corrected chi connectivity index (χ1v) is 10.9. The molecule has 0 radical (unpaired) electrons. The second-order valence-corrected chi connectivity index (χ2v) is 10.1. The molecule has 2 aliphatic carbocycles. The third-order valence-electron chi connectivity index (χ3n) is 6.01. The van der Waals surface area contributed by atoms with Gasteiger partial charge in [-0.1, -0.05) is 19.3 Å². The number of halogens is 1. The Morgan fingerprint density at radius 3 is 2.20 bits per heavy atom. The SMILES string of the molecule is Cl.NCC1(CC(=O)NC2CCN(S(=O)(=O)C3CC3)CC2)CCCCC1. The van der Waals surface area contributed by atoms with Gasteiger partial charge in [-0.2, -0.15) is 0 Å². The molecule has 0 aromatic rings. The zero-order valence-electron chi connectivity index (χ0n) is 14.9. The van der Waals surface area contributed by atoms with Crippen LogP contribution in [0.25, 0.3) is 0 Å². The van der Waals surface area contributed by atoms with E-state index in [0.29, 0.717) is 38.9 Å². The van der Waals surface area contributed by atoms with Crippen molar-refractivity contribution in [3.8, 4) is 0 Å². The fourth-order valence-electron chi connectivity index (χ4n) is 4.21. The van der Waals surface area contributed by atoms with Gasteiger partial charge in [0.25, 0.3) is 0 Å². The lowest BCUT2D eigenvalue weighted by Gasteiger charge is -2.37. The minimum atomic E-state index is -3.07. The van der Waals surface area contributed by atoms with Crippen molar-refractivity contribution >= 4 is 28.3 Å². The number of piperidine rings is 1. The Morgan fingerprint density at radius 1 is 1.08 bits per heavy atom. The van der Waals surface area contributed by atoms with Crippen molar-refractivity contribution in [3.63, 3.8) is 0 Å². The lowest BCUT2D eigenvalue weighted by atomic mass is 9.71. The van der Waals surface area contributed by atoms with Crippen LogP contribution in [0.3, 0.4) is 0 Å². The summed E-state index contributed by atoms with van der Waals surface area (Å²) in [6, 6.07) is 0.0987. The van der Waals surface area contributed by atoms with Crippen LogP contribution in [-0.4, -0.2) is 49.6 Å². The van der Waals surface area contributed by atoms with Gasteiger partial charge in [-0.3, -0.25) is 4.79 Å². The number of rotatable bonds is 6. The van der Waals surface area contributed by atoms with Crippen LogP contribution in [0, 0.1) is 5.41 Å². The fourth-order valence-corrected chi connectivity index (χ4v) is 6.08. The molecular formula is C17H32ClN3O3S. The summed E-state index contributed by atoms with van der Waals surface area (Å²) in [5.74, 6) is 0.0888. The third kappa shape index (κ3) is 5.08. The molecule has 6 nitrogen and oxygen atoms in total. The van der Waals surface area contributed by atoms with Crippen LogP contribution >= 0.6 is 12.4 Å². The van der Waals surface area contributed by atoms with Gasteiger partial charge in [0.2, 0.25) is 15.9 Å². The summed E-state index contributed by atoms with van der Waals surface area (Å²) in [5.41, 5.74) is 5.95. The van der Waals surface area contributed by atoms with E-state index < -0.39 is 10.0 Å². The zero-order valence-corrected chi connectivity index (χ0v) is 16.5. The first kappa shape index (κ1) is 20.9. The van der Waals surface area contributed by atoms with Gasteiger partial charge in [-0.05, 0) is 50.5 Å². The molecular weight excluding hydrogens is 362 g/mol. The van der Waals surface area contributed by atoms with Gasteiger partial charge in [0.15, 0.2) is 0 Å². The Bertz CT molecular complexity index is 551. The van der Waals surface area contributed by atoms with Crippen molar-refractivity contribution in [2.75, 3.05) is 19.6 Å². The largest absolute Gasteiger partial charge is 0.353 e. The molecule has 0 unspecified atom stereocenters. The second kappa shape index (κ2) is 8.55. The predicted octanol–water partition coefficient (Wildman–Crippen LogP) is 1.78. The Kier molecular flexibility index (Phi) is 7.16. The molecule has 146 valence electrons. The number of hydrogen-bond acceptors (Lipinski definition) is 4. The van der Waals surface area contributed by atoms with E-state index in [0.717, 1.165) is 25.7 Å². The summed E-state index contributed by atoms with van der Waals surface area (Å²) >= 11 is 0. The number of carbonyl (C=O) groups is 1. The Labute approximate surface area is 157 Å². The van der Waals surface area contributed by atoms with Crippen LogP contribution in [-0.2, 0) is 14.8 Å². The summed E-state index contributed by atoms with van der Waals surface area (Å²) in [7, 11) is -3.07. The molecule has 0 aromatic carbocycles. The van der Waals surface area contributed by atoms with Gasteiger partial charge in [-0.15, -0.1) is 12.4 Å². The molecule has 3 rings (SSSR count). The summed E-state index contributed by atoms with van der Waals surface area (Å²) < 4.78 is 26.1. The number of amides is 1. The monoisotopic (exact) mass is 393 g/mol. The molecule has 3 N–H and O–H groups in total. The second-order valence-electron chi connectivity index (χ2n) is 7.93. The first-order chi connectivity index (χ1) is 11.5. The Balaban J connectivity index is 0.00000225. The van der Waals surface area contributed by atoms with E-state index in [1.54, 1.807) is 4.31 Å². The van der Waals surface area contributed by atoms with Crippen molar-refractivity contribution < 1.29 is 13.2 Å². The summed E-state index contributed by atoms with van der Waals surface area (Å²) in [6.07, 6.45) is 9.25. The van der Waals surface area contributed by atoms with Crippen molar-refractivity contribution in [2.45, 2.75) is 75.5 Å². The number of nitrogens with zero attached hydrogens (tertiary/aromatic N) is 1. The molecule has 0 bridgehead atoms. The highest BCUT2D eigenvalue weighted by Gasteiger charge is 2.41. The highest BCUT2D eigenvalue weighted by Crippen LogP contribution is 2.38. The molecule has 2 saturated carbocycles. The van der Waals surface area contributed by atoms with E-state index in [2.05, 4.69) is 5.32 Å². The smallest absolute Gasteiger partial charge is 0.220 e. The standard InChI is InChI=1S/C17H31N3O3S.ClH/c18-13-17(8-2-1-3-9-17)12-16(21)19-14-6-10-20(11-7-14)24(22,23)15-4-5-15;/h14-15H,1-13,18H2,(H,19,21);1H. The molecule has 1 aliphatic heterocycles. The van der Waals surface area contributed by atoms with Gasteiger partial charge in [0.05, 0.1) is 5.25 Å². The van der Waals surface area contributed by atoms with Crippen molar-refractivity contribution in [3.05, 3.63) is 0 Å². The van der Waals surface area contributed by atoms with Crippen molar-refractivity contribution in [1.29, 1.82) is 0 Å². The van der Waals surface area contributed by atoms with Gasteiger partial charge < -0.3 is 11.1 Å². The average Bonchev–Trinajstić information content (AvgIpc) is 3.41. The molecule has 0 atom stereocenters. The molecule has 3 fully saturated rings. The van der Waals surface area contributed by atoms with Crippen molar-refractivity contribution in [2.24, 2.45) is 11.1 Å². The molecule has 0 spiro atoms. The van der Waals surface area contributed by atoms with E-state index in [4.69, 9.17) is 5.73 Å². The highest BCUT2D eigenvalue weighted by atomic mass is 35.5. The maximum absolute atomic E-state index is 12.4. The van der Waals surface area contributed by atoms with Gasteiger partial charge in [0, 0.05) is 25.6 Å². The molecule has 3 aliphatic rings. The number of nitrogens with two attached hydrogens (primary N) is 1. The summed E-state index contributed by atoms with van der Waals surface area (Å²) in [6.45, 7) is 1.65. The number of sulfonamides is 1. The van der Waals surface area contributed by atoms with Crippen LogP contribution < -0.4 is 11.1 Å². The zero-order chi connectivity index (χ0) is 17.2. The molecule has 1 heterocycles. The number of hydrogen-bond donors (Lipinski definition) is 2. The fraction of sp³-hybridized carbons (Fsp3) is 0.941. The molecule has 1 amide bonds. The molecule has 0 aromatic heterocycles. The highest BCUT2D eigenvalue weighted by molar-refractivity contribution is 7.90. The minimum Gasteiger partial charge on any atom is -0.353 e. The first-order valence-electron chi connectivity index (χ1n) is 9.44. The van der Waals surface area contributed by atoms with Gasteiger partial charge in [0.1, 0.15) is 0 Å². The van der Waals surface area contributed by atoms with E-state index in [-0.39, 0.29) is 35.0 Å². The van der Waals surface area contributed by atoms with E-state index in [1.165, 1.54) is 19.3 Å². The quantitative estimate of drug-likeness (QED) is 0.719. The summed E-state index contributed by atoms with van der Waals surface area (Å²) in [4.78, 5) is 12.4. The molecule has 8 heteroatoms. The topological polar surface area (TPSA) is 92.5 Å². The number of carbonyl (C=O) groups excluding carboxylic acids is 1. The average molecular weight is 394 g/mol.